The standard InChI is InChI=1S/C29H20ClN3O3/c1-16-27(28(34)35)22-13-20(11-12-24(22)31-16)36-29-32-25-14-21(23(30)15-26(25)33-29)19-9-7-18(8-10-19)17-5-3-2-4-6-17/h2-15,31H,1H3,(H,32,33)(H,34,35). The van der Waals surface area contributed by atoms with Gasteiger partial charge >= 0.3 is 5.97 Å². The number of aromatic carboxylic acids is 1. The van der Waals surface area contributed by atoms with Gasteiger partial charge in [-0.15, -0.1) is 0 Å². The van der Waals surface area contributed by atoms with Crippen LogP contribution in [-0.4, -0.2) is 26.0 Å². The highest BCUT2D eigenvalue weighted by atomic mass is 35.5. The first kappa shape index (κ1) is 21.9. The van der Waals surface area contributed by atoms with Crippen molar-refractivity contribution in [3.8, 4) is 34.0 Å². The second-order valence-electron chi connectivity index (χ2n) is 8.57. The highest BCUT2D eigenvalue weighted by Crippen LogP contribution is 2.35. The normalized spacial score (nSPS) is 11.3. The van der Waals surface area contributed by atoms with E-state index in [9.17, 15) is 9.90 Å². The highest BCUT2D eigenvalue weighted by molar-refractivity contribution is 6.34. The quantitative estimate of drug-likeness (QED) is 0.228. The Bertz CT molecular complexity index is 1750. The summed E-state index contributed by atoms with van der Waals surface area (Å²) in [4.78, 5) is 22.5. The van der Waals surface area contributed by atoms with Crippen LogP contribution < -0.4 is 4.74 Å². The molecule has 2 aromatic heterocycles. The van der Waals surface area contributed by atoms with Crippen LogP contribution >= 0.6 is 11.6 Å². The van der Waals surface area contributed by atoms with Gasteiger partial charge in [0.25, 0.3) is 6.01 Å². The lowest BCUT2D eigenvalue weighted by Crippen LogP contribution is -1.97. The van der Waals surface area contributed by atoms with Gasteiger partial charge in [-0.3, -0.25) is 0 Å². The van der Waals surface area contributed by atoms with Crippen LogP contribution in [0.2, 0.25) is 5.02 Å². The van der Waals surface area contributed by atoms with E-state index in [-0.39, 0.29) is 5.56 Å². The first-order valence-corrected chi connectivity index (χ1v) is 11.7. The molecule has 0 saturated carbocycles. The van der Waals surface area contributed by atoms with Crippen molar-refractivity contribution in [1.29, 1.82) is 0 Å². The SMILES string of the molecule is Cc1[nH]c2ccc(Oc3nc4cc(-c5ccc(-c6ccccc6)cc5)c(Cl)cc4[nH]3)cc2c1C(=O)O. The van der Waals surface area contributed by atoms with Crippen LogP contribution in [0.5, 0.6) is 11.8 Å². The van der Waals surface area contributed by atoms with E-state index in [0.29, 0.717) is 33.4 Å². The van der Waals surface area contributed by atoms with E-state index in [0.717, 1.165) is 33.3 Å². The Morgan fingerprint density at radius 3 is 2.33 bits per heavy atom. The number of carbonyl (C=O) groups is 1. The number of nitrogens with zero attached hydrogens (tertiary/aromatic N) is 1. The number of rotatable bonds is 5. The van der Waals surface area contributed by atoms with Crippen LogP contribution in [0.3, 0.4) is 0 Å². The molecule has 0 aliphatic rings. The first-order chi connectivity index (χ1) is 17.5. The minimum Gasteiger partial charge on any atom is -0.478 e. The predicted molar refractivity (Wildman–Crippen MR) is 142 cm³/mol. The second kappa shape index (κ2) is 8.59. The van der Waals surface area contributed by atoms with Gasteiger partial charge in [0, 0.05) is 22.2 Å². The summed E-state index contributed by atoms with van der Waals surface area (Å²) in [5, 5.41) is 10.7. The molecule has 0 saturated heterocycles. The van der Waals surface area contributed by atoms with Crippen molar-refractivity contribution in [2.24, 2.45) is 0 Å². The van der Waals surface area contributed by atoms with Crippen molar-refractivity contribution < 1.29 is 14.6 Å². The number of carboxylic acids is 1. The fourth-order valence-corrected chi connectivity index (χ4v) is 4.78. The zero-order chi connectivity index (χ0) is 24.8. The van der Waals surface area contributed by atoms with E-state index < -0.39 is 5.97 Å². The number of carboxylic acid groups (broad SMARTS) is 1. The molecule has 0 unspecified atom stereocenters. The van der Waals surface area contributed by atoms with E-state index >= 15 is 0 Å². The molecule has 36 heavy (non-hydrogen) atoms. The van der Waals surface area contributed by atoms with Crippen LogP contribution in [-0.2, 0) is 0 Å². The molecule has 4 aromatic carbocycles. The molecule has 0 radical (unpaired) electrons. The average molecular weight is 494 g/mol. The van der Waals surface area contributed by atoms with Crippen molar-refractivity contribution in [2.45, 2.75) is 6.92 Å². The zero-order valence-corrected chi connectivity index (χ0v) is 19.9. The molecular formula is C29H20ClN3O3. The summed E-state index contributed by atoms with van der Waals surface area (Å²) >= 11 is 6.63. The molecule has 0 aliphatic carbocycles. The zero-order valence-electron chi connectivity index (χ0n) is 19.2. The van der Waals surface area contributed by atoms with Gasteiger partial charge in [-0.05, 0) is 53.9 Å². The molecule has 0 fully saturated rings. The number of aryl methyl sites for hydroxylation is 1. The van der Waals surface area contributed by atoms with Gasteiger partial charge < -0.3 is 19.8 Å². The molecule has 7 heteroatoms. The van der Waals surface area contributed by atoms with Gasteiger partial charge in [0.2, 0.25) is 0 Å². The average Bonchev–Trinajstić information content (AvgIpc) is 3.42. The summed E-state index contributed by atoms with van der Waals surface area (Å²) in [5.41, 5.74) is 7.16. The number of benzene rings is 4. The van der Waals surface area contributed by atoms with Crippen molar-refractivity contribution in [2.75, 3.05) is 0 Å². The van der Waals surface area contributed by atoms with Crippen molar-refractivity contribution in [3.63, 3.8) is 0 Å². The second-order valence-corrected chi connectivity index (χ2v) is 8.98. The minimum atomic E-state index is -0.987. The summed E-state index contributed by atoms with van der Waals surface area (Å²) < 4.78 is 5.95. The number of nitrogens with one attached hydrogen (secondary N) is 2. The Morgan fingerprint density at radius 1 is 0.861 bits per heavy atom. The van der Waals surface area contributed by atoms with Gasteiger partial charge in [0.1, 0.15) is 5.75 Å². The Labute approximate surface area is 211 Å². The van der Waals surface area contributed by atoms with E-state index in [2.05, 4.69) is 39.2 Å². The van der Waals surface area contributed by atoms with Gasteiger partial charge in [-0.25, -0.2) is 4.79 Å². The molecule has 0 aliphatic heterocycles. The van der Waals surface area contributed by atoms with Crippen LogP contribution in [0.15, 0.2) is 84.9 Å². The summed E-state index contributed by atoms with van der Waals surface area (Å²) in [6, 6.07) is 27.8. The van der Waals surface area contributed by atoms with Crippen LogP contribution in [0, 0.1) is 6.92 Å². The molecule has 3 N–H and O–H groups in total. The molecule has 2 heterocycles. The Morgan fingerprint density at radius 2 is 1.58 bits per heavy atom. The summed E-state index contributed by atoms with van der Waals surface area (Å²) in [6.45, 7) is 1.74. The van der Waals surface area contributed by atoms with Gasteiger partial charge in [0.15, 0.2) is 0 Å². The lowest BCUT2D eigenvalue weighted by Gasteiger charge is -2.07. The third kappa shape index (κ3) is 3.87. The molecular weight excluding hydrogens is 474 g/mol. The number of imidazole rings is 1. The van der Waals surface area contributed by atoms with E-state index in [1.165, 1.54) is 0 Å². The number of fused-ring (bicyclic) bond motifs is 2. The molecule has 6 aromatic rings. The lowest BCUT2D eigenvalue weighted by molar-refractivity contribution is 0.0698. The summed E-state index contributed by atoms with van der Waals surface area (Å²) in [6.07, 6.45) is 0. The van der Waals surface area contributed by atoms with E-state index in [1.54, 1.807) is 25.1 Å². The number of aromatic amines is 2. The molecule has 6 nitrogen and oxygen atoms in total. The maximum atomic E-state index is 11.7. The topological polar surface area (TPSA) is 91.0 Å². The van der Waals surface area contributed by atoms with Gasteiger partial charge in [-0.1, -0.05) is 66.2 Å². The third-order valence-electron chi connectivity index (χ3n) is 6.24. The molecule has 0 bridgehead atoms. The molecule has 0 spiro atoms. The molecule has 176 valence electrons. The smallest absolute Gasteiger partial charge is 0.338 e. The number of H-pyrrole nitrogens is 2. The number of halogens is 1. The Hall–Kier alpha value is -4.55. The van der Waals surface area contributed by atoms with Crippen molar-refractivity contribution in [3.05, 3.63) is 101 Å². The monoisotopic (exact) mass is 493 g/mol. The molecule has 0 atom stereocenters. The highest BCUT2D eigenvalue weighted by Gasteiger charge is 2.16. The van der Waals surface area contributed by atoms with E-state index in [4.69, 9.17) is 16.3 Å². The maximum Gasteiger partial charge on any atom is 0.338 e. The minimum absolute atomic E-state index is 0.231. The molecule has 0 amide bonds. The third-order valence-corrected chi connectivity index (χ3v) is 6.55. The number of ether oxygens (including phenoxy) is 1. The number of aromatic nitrogens is 3. The lowest BCUT2D eigenvalue weighted by atomic mass is 10.00. The van der Waals surface area contributed by atoms with E-state index in [1.807, 2.05) is 42.5 Å². The Balaban J connectivity index is 1.31. The van der Waals surface area contributed by atoms with Crippen molar-refractivity contribution >= 4 is 39.5 Å². The van der Waals surface area contributed by atoms with Crippen LogP contribution in [0.1, 0.15) is 16.1 Å². The summed E-state index contributed by atoms with van der Waals surface area (Å²) in [5.74, 6) is -0.510. The summed E-state index contributed by atoms with van der Waals surface area (Å²) in [7, 11) is 0. The molecule has 6 rings (SSSR count). The Kier molecular flexibility index (Phi) is 5.24. The largest absolute Gasteiger partial charge is 0.478 e. The number of hydrogen-bond donors (Lipinski definition) is 3. The van der Waals surface area contributed by atoms with Gasteiger partial charge in [-0.2, -0.15) is 4.98 Å². The van der Waals surface area contributed by atoms with Crippen LogP contribution in [0.25, 0.3) is 44.2 Å². The number of hydrogen-bond acceptors (Lipinski definition) is 3. The first-order valence-electron chi connectivity index (χ1n) is 11.3. The van der Waals surface area contributed by atoms with Gasteiger partial charge in [0.05, 0.1) is 21.6 Å². The van der Waals surface area contributed by atoms with Crippen LogP contribution in [0.4, 0.5) is 0 Å². The maximum absolute atomic E-state index is 11.7. The van der Waals surface area contributed by atoms with Crippen molar-refractivity contribution in [1.82, 2.24) is 15.0 Å². The fraction of sp³-hybridized carbons (Fsp3) is 0.0345. The predicted octanol–water partition coefficient (Wildman–Crippen LogP) is 7.83. The fourth-order valence-electron chi connectivity index (χ4n) is 4.51.